The smallest absolute Gasteiger partial charge is 0.272 e. The van der Waals surface area contributed by atoms with Crippen LogP contribution < -0.4 is 5.32 Å². The van der Waals surface area contributed by atoms with Crippen LogP contribution in [0.4, 0.5) is 10.8 Å². The Kier molecular flexibility index (Phi) is 5.76. The molecule has 0 radical (unpaired) electrons. The highest BCUT2D eigenvalue weighted by molar-refractivity contribution is 7.71. The van der Waals surface area contributed by atoms with E-state index in [-0.39, 0.29) is 11.6 Å². The van der Waals surface area contributed by atoms with E-state index in [4.69, 9.17) is 12.2 Å². The third-order valence-corrected chi connectivity index (χ3v) is 5.03. The number of H-pyrrole nitrogens is 1. The van der Waals surface area contributed by atoms with Gasteiger partial charge in [0.15, 0.2) is 9.90 Å². The molecule has 0 bridgehead atoms. The predicted molar refractivity (Wildman–Crippen MR) is 108 cm³/mol. The van der Waals surface area contributed by atoms with Gasteiger partial charge in [-0.05, 0) is 31.3 Å². The van der Waals surface area contributed by atoms with Crippen LogP contribution in [-0.4, -0.2) is 30.6 Å². The monoisotopic (exact) mass is 416 g/mol. The van der Waals surface area contributed by atoms with Crippen LogP contribution in [0.15, 0.2) is 36.2 Å². The first-order valence-corrected chi connectivity index (χ1v) is 9.43. The number of nitro benzene ring substituents is 1. The Morgan fingerprint density at radius 3 is 3.00 bits per heavy atom. The molecule has 0 aliphatic rings. The fourth-order valence-corrected chi connectivity index (χ4v) is 3.51. The highest BCUT2D eigenvalue weighted by Gasteiger charge is 2.15. The zero-order valence-electron chi connectivity index (χ0n) is 14.8. The van der Waals surface area contributed by atoms with Crippen LogP contribution in [0.5, 0.6) is 0 Å². The first-order chi connectivity index (χ1) is 13.4. The van der Waals surface area contributed by atoms with E-state index in [9.17, 15) is 14.9 Å². The molecule has 2 heterocycles. The average Bonchev–Trinajstić information content (AvgIpc) is 3.23. The molecule has 2 N–H and O–H groups in total. The molecule has 0 fully saturated rings. The maximum absolute atomic E-state index is 12.4. The summed E-state index contributed by atoms with van der Waals surface area (Å²) in [6, 6.07) is 4.22. The minimum atomic E-state index is -0.480. The van der Waals surface area contributed by atoms with Gasteiger partial charge in [-0.2, -0.15) is 5.10 Å². The molecule has 2 aromatic heterocycles. The van der Waals surface area contributed by atoms with E-state index in [0.29, 0.717) is 34.0 Å². The van der Waals surface area contributed by atoms with Gasteiger partial charge in [0.1, 0.15) is 5.82 Å². The van der Waals surface area contributed by atoms with E-state index in [1.54, 1.807) is 13.0 Å². The van der Waals surface area contributed by atoms with Crippen LogP contribution in [0.1, 0.15) is 27.4 Å². The van der Waals surface area contributed by atoms with Crippen molar-refractivity contribution in [2.24, 2.45) is 0 Å². The number of aromatic amines is 1. The molecule has 3 rings (SSSR count). The summed E-state index contributed by atoms with van der Waals surface area (Å²) in [5.41, 5.74) is 1.45. The first-order valence-electron chi connectivity index (χ1n) is 8.15. The summed E-state index contributed by atoms with van der Waals surface area (Å²) < 4.78 is 2.33. The average molecular weight is 416 g/mol. The lowest BCUT2D eigenvalue weighted by atomic mass is 10.1. The molecule has 0 aliphatic carbocycles. The lowest BCUT2D eigenvalue weighted by molar-refractivity contribution is -0.385. The summed E-state index contributed by atoms with van der Waals surface area (Å²) in [5.74, 6) is 0.340. The fourth-order valence-electron chi connectivity index (χ4n) is 2.58. The van der Waals surface area contributed by atoms with Gasteiger partial charge >= 0.3 is 0 Å². The molecular formula is C17H16N6O3S2. The topological polar surface area (TPSA) is 119 Å². The minimum Gasteiger partial charge on any atom is -0.300 e. The van der Waals surface area contributed by atoms with Gasteiger partial charge in [-0.25, -0.2) is 4.98 Å². The first kappa shape index (κ1) is 19.6. The third kappa shape index (κ3) is 4.21. The number of hydrogen-bond donors (Lipinski definition) is 2. The third-order valence-electron chi connectivity index (χ3n) is 3.92. The maximum atomic E-state index is 12.4. The molecule has 0 saturated heterocycles. The highest BCUT2D eigenvalue weighted by atomic mass is 32.1. The summed E-state index contributed by atoms with van der Waals surface area (Å²) in [6.45, 7) is 5.83. The summed E-state index contributed by atoms with van der Waals surface area (Å²) in [7, 11) is 0. The summed E-state index contributed by atoms with van der Waals surface area (Å²) in [4.78, 5) is 27.2. The second-order valence-electron chi connectivity index (χ2n) is 5.88. The second-order valence-corrected chi connectivity index (χ2v) is 7.12. The van der Waals surface area contributed by atoms with Gasteiger partial charge in [-0.1, -0.05) is 6.08 Å². The number of hydrogen-bond acceptors (Lipinski definition) is 7. The molecule has 3 aromatic rings. The number of carbonyl (C=O) groups is 1. The van der Waals surface area contributed by atoms with Crippen molar-refractivity contribution in [3.63, 3.8) is 0 Å². The number of rotatable bonds is 7. The van der Waals surface area contributed by atoms with Gasteiger partial charge in [0.05, 0.1) is 17.0 Å². The van der Waals surface area contributed by atoms with Crippen LogP contribution in [0, 0.1) is 21.8 Å². The minimum absolute atomic E-state index is 0.0268. The van der Waals surface area contributed by atoms with Crippen molar-refractivity contribution in [2.75, 3.05) is 5.32 Å². The van der Waals surface area contributed by atoms with Crippen LogP contribution in [0.3, 0.4) is 0 Å². The van der Waals surface area contributed by atoms with Gasteiger partial charge in [0.2, 0.25) is 0 Å². The van der Waals surface area contributed by atoms with E-state index >= 15 is 0 Å². The number of aryl methyl sites for hydroxylation is 1. The van der Waals surface area contributed by atoms with Gasteiger partial charge in [0.25, 0.3) is 11.6 Å². The van der Waals surface area contributed by atoms with Crippen molar-refractivity contribution in [1.29, 1.82) is 0 Å². The van der Waals surface area contributed by atoms with Gasteiger partial charge < -0.3 is 0 Å². The fraction of sp³-hybridized carbons (Fsp3) is 0.176. The van der Waals surface area contributed by atoms with Crippen molar-refractivity contribution >= 4 is 40.3 Å². The Morgan fingerprint density at radius 1 is 1.54 bits per heavy atom. The summed E-state index contributed by atoms with van der Waals surface area (Å²) >= 11 is 6.47. The lowest BCUT2D eigenvalue weighted by Gasteiger charge is -2.04. The van der Waals surface area contributed by atoms with E-state index in [1.807, 2.05) is 9.95 Å². The number of nitrogens with one attached hydrogen (secondary N) is 2. The Morgan fingerprint density at radius 2 is 2.32 bits per heavy atom. The number of nitrogens with zero attached hydrogens (tertiary/aromatic N) is 4. The van der Waals surface area contributed by atoms with Crippen molar-refractivity contribution in [3.05, 3.63) is 73.8 Å². The normalized spacial score (nSPS) is 10.6. The second kappa shape index (κ2) is 8.23. The van der Waals surface area contributed by atoms with E-state index in [0.717, 1.165) is 11.5 Å². The molecule has 0 unspecified atom stereocenters. The lowest BCUT2D eigenvalue weighted by Crippen LogP contribution is -2.12. The number of benzene rings is 1. The SMILES string of the molecule is C=CCn1c(Cc2csc(NC(=O)c3ccc([N+](=O)[O-])c(C)c3)n2)n[nH]c1=S. The Bertz CT molecular complexity index is 1110. The molecule has 1 amide bonds. The standard InChI is InChI=1S/C17H16N6O3S2/c1-3-6-22-14(20-21-17(22)27)8-12-9-28-16(18-12)19-15(24)11-4-5-13(23(25)26)10(2)7-11/h3-5,7,9H,1,6,8H2,2H3,(H,21,27)(H,18,19,24). The number of carbonyl (C=O) groups excluding carboxylic acids is 1. The summed E-state index contributed by atoms with van der Waals surface area (Å²) in [6.07, 6.45) is 2.18. The van der Waals surface area contributed by atoms with E-state index in [2.05, 4.69) is 27.1 Å². The quantitative estimate of drug-likeness (QED) is 0.263. The van der Waals surface area contributed by atoms with Gasteiger partial charge in [0, 0.05) is 29.1 Å². The Balaban J connectivity index is 1.72. The number of anilines is 1. The van der Waals surface area contributed by atoms with Crippen molar-refractivity contribution in [1.82, 2.24) is 19.7 Å². The van der Waals surface area contributed by atoms with Gasteiger partial charge in [-0.3, -0.25) is 29.9 Å². The number of aromatic nitrogens is 4. The Hall–Kier alpha value is -3.18. The Labute approximate surface area is 168 Å². The number of nitro groups is 1. The number of amides is 1. The molecule has 1 aromatic carbocycles. The van der Waals surface area contributed by atoms with E-state index in [1.165, 1.54) is 29.5 Å². The molecule has 11 heteroatoms. The van der Waals surface area contributed by atoms with Crippen LogP contribution in [-0.2, 0) is 13.0 Å². The largest absolute Gasteiger partial charge is 0.300 e. The molecule has 0 aliphatic heterocycles. The maximum Gasteiger partial charge on any atom is 0.272 e. The van der Waals surface area contributed by atoms with Crippen LogP contribution in [0.2, 0.25) is 0 Å². The van der Waals surface area contributed by atoms with Crippen molar-refractivity contribution in [3.8, 4) is 0 Å². The molecule has 0 spiro atoms. The molecule has 9 nitrogen and oxygen atoms in total. The van der Waals surface area contributed by atoms with Crippen LogP contribution >= 0.6 is 23.6 Å². The highest BCUT2D eigenvalue weighted by Crippen LogP contribution is 2.21. The zero-order valence-corrected chi connectivity index (χ0v) is 16.5. The van der Waals surface area contributed by atoms with Gasteiger partial charge in [-0.15, -0.1) is 17.9 Å². The molecule has 0 saturated carbocycles. The molecule has 0 atom stereocenters. The predicted octanol–water partition coefficient (Wildman–Crippen LogP) is 3.64. The number of thiazole rings is 1. The molecule has 144 valence electrons. The zero-order chi connectivity index (χ0) is 20.3. The molecule has 28 heavy (non-hydrogen) atoms. The number of allylic oxidation sites excluding steroid dienone is 1. The van der Waals surface area contributed by atoms with Crippen molar-refractivity contribution in [2.45, 2.75) is 19.9 Å². The van der Waals surface area contributed by atoms with Crippen molar-refractivity contribution < 1.29 is 9.72 Å². The van der Waals surface area contributed by atoms with Crippen LogP contribution in [0.25, 0.3) is 0 Å². The van der Waals surface area contributed by atoms with E-state index < -0.39 is 4.92 Å². The summed E-state index contributed by atoms with van der Waals surface area (Å²) in [5, 5.41) is 22.8. The molecular weight excluding hydrogens is 400 g/mol.